The van der Waals surface area contributed by atoms with Gasteiger partial charge in [0.05, 0.1) is 16.7 Å². The van der Waals surface area contributed by atoms with Gasteiger partial charge in [-0.05, 0) is 127 Å². The first-order valence-corrected chi connectivity index (χ1v) is 20.3. The van der Waals surface area contributed by atoms with Crippen molar-refractivity contribution < 1.29 is 0 Å². The van der Waals surface area contributed by atoms with Crippen LogP contribution in [0, 0.1) is 0 Å². The van der Waals surface area contributed by atoms with E-state index in [4.69, 9.17) is 0 Å². The second-order valence-corrected chi connectivity index (χ2v) is 16.2. The molecular formula is C53H38N2S. The minimum atomic E-state index is -0.107. The van der Waals surface area contributed by atoms with E-state index in [1.54, 1.807) is 11.3 Å². The third-order valence-corrected chi connectivity index (χ3v) is 12.6. The first-order valence-electron chi connectivity index (χ1n) is 19.3. The second kappa shape index (κ2) is 12.7. The summed E-state index contributed by atoms with van der Waals surface area (Å²) >= 11 is 1.73. The lowest BCUT2D eigenvalue weighted by Crippen LogP contribution is -2.16. The number of nitrogens with zero attached hydrogens (tertiary/aromatic N) is 2. The monoisotopic (exact) mass is 734 g/mol. The smallest absolute Gasteiger partial charge is 0.0541 e. The van der Waals surface area contributed by atoms with E-state index in [0.717, 1.165) is 17.1 Å². The fourth-order valence-corrected chi connectivity index (χ4v) is 9.88. The molecule has 0 saturated heterocycles. The highest BCUT2D eigenvalue weighted by Crippen LogP contribution is 2.51. The van der Waals surface area contributed by atoms with E-state index in [0.29, 0.717) is 0 Å². The van der Waals surface area contributed by atoms with E-state index in [1.807, 2.05) is 0 Å². The van der Waals surface area contributed by atoms with E-state index in [2.05, 4.69) is 216 Å². The molecule has 8 aromatic carbocycles. The van der Waals surface area contributed by atoms with E-state index in [-0.39, 0.29) is 5.41 Å². The van der Waals surface area contributed by atoms with Crippen molar-refractivity contribution in [3.8, 4) is 39.1 Å². The second-order valence-electron chi connectivity index (χ2n) is 15.4. The summed E-state index contributed by atoms with van der Waals surface area (Å²) in [4.78, 5) is 2.46. The Hall–Kier alpha value is -6.68. The Kier molecular flexibility index (Phi) is 7.42. The molecule has 1 aliphatic carbocycles. The summed E-state index contributed by atoms with van der Waals surface area (Å²) in [6.07, 6.45) is 0. The molecule has 2 heterocycles. The highest BCUT2D eigenvalue weighted by Gasteiger charge is 2.36. The molecular weight excluding hydrogens is 697 g/mol. The van der Waals surface area contributed by atoms with Gasteiger partial charge in [-0.3, -0.25) is 0 Å². The predicted molar refractivity (Wildman–Crippen MR) is 239 cm³/mol. The van der Waals surface area contributed by atoms with Gasteiger partial charge in [0.15, 0.2) is 0 Å². The van der Waals surface area contributed by atoms with Crippen molar-refractivity contribution in [3.05, 3.63) is 204 Å². The number of fused-ring (bicyclic) bond motifs is 7. The van der Waals surface area contributed by atoms with E-state index >= 15 is 0 Å². The molecule has 0 N–H and O–H groups in total. The van der Waals surface area contributed by atoms with Crippen LogP contribution >= 0.6 is 11.3 Å². The molecule has 0 saturated carbocycles. The number of rotatable bonds is 6. The average molecular weight is 735 g/mol. The summed E-state index contributed by atoms with van der Waals surface area (Å²) in [5, 5.41) is 9.31. The van der Waals surface area contributed by atoms with Crippen LogP contribution in [0.5, 0.6) is 0 Å². The van der Waals surface area contributed by atoms with Gasteiger partial charge >= 0.3 is 0 Å². The van der Waals surface area contributed by atoms with Crippen LogP contribution in [0.3, 0.4) is 0 Å². The van der Waals surface area contributed by atoms with E-state index in [1.165, 1.54) is 82.8 Å². The predicted octanol–water partition coefficient (Wildman–Crippen LogP) is 15.1. The normalized spacial score (nSPS) is 13.0. The molecule has 1 aliphatic rings. The van der Waals surface area contributed by atoms with Crippen LogP contribution < -0.4 is 4.90 Å². The number of anilines is 3. The largest absolute Gasteiger partial charge is 0.310 e. The number of hydrogen-bond acceptors (Lipinski definition) is 2. The van der Waals surface area contributed by atoms with Crippen molar-refractivity contribution in [2.45, 2.75) is 19.3 Å². The van der Waals surface area contributed by atoms with Crippen LogP contribution in [0.25, 0.3) is 71.6 Å². The minimum absolute atomic E-state index is 0.107. The molecule has 0 unspecified atom stereocenters. The van der Waals surface area contributed by atoms with Gasteiger partial charge in [-0.25, -0.2) is 0 Å². The Morgan fingerprint density at radius 1 is 0.446 bits per heavy atom. The quantitative estimate of drug-likeness (QED) is 0.165. The fraction of sp³-hybridized carbons (Fsp3) is 0.0566. The molecule has 2 nitrogen and oxygen atoms in total. The Labute approximate surface area is 331 Å². The standard InChI is InChI=1S/C53H38N2S/c1-53(2)48-18-10-8-15-43(48)44-26-25-40(33-49(44)53)54(39-23-20-35(21-24-39)37-30-31-56-34-37)51-29-27-41(42-14-6-7-16-45(42)51)36-22-28-52-47(32-36)46-17-9-11-19-50(46)55(52)38-12-4-3-5-13-38/h3-34H,1-2H3. The van der Waals surface area contributed by atoms with Gasteiger partial charge < -0.3 is 9.47 Å². The van der Waals surface area contributed by atoms with Crippen LogP contribution in [0.1, 0.15) is 25.0 Å². The summed E-state index contributed by atoms with van der Waals surface area (Å²) in [6, 6.07) is 67.2. The SMILES string of the molecule is CC1(C)c2ccccc2-c2ccc(N(c3ccc(-c4ccsc4)cc3)c3ccc(-c4ccc5c(c4)c4ccccc4n5-c4ccccc4)c4ccccc34)cc21. The summed E-state index contributed by atoms with van der Waals surface area (Å²) in [5.74, 6) is 0. The van der Waals surface area contributed by atoms with Crippen LogP contribution in [0.2, 0.25) is 0 Å². The number of aromatic nitrogens is 1. The minimum Gasteiger partial charge on any atom is -0.310 e. The topological polar surface area (TPSA) is 8.17 Å². The lowest BCUT2D eigenvalue weighted by Gasteiger charge is -2.29. The van der Waals surface area contributed by atoms with E-state index in [9.17, 15) is 0 Å². The maximum Gasteiger partial charge on any atom is 0.0541 e. The highest BCUT2D eigenvalue weighted by atomic mass is 32.1. The average Bonchev–Trinajstić information content (AvgIpc) is 3.96. The molecule has 0 aliphatic heterocycles. The number of thiophene rings is 1. The zero-order valence-corrected chi connectivity index (χ0v) is 32.1. The van der Waals surface area contributed by atoms with Gasteiger partial charge in [-0.1, -0.05) is 129 Å². The van der Waals surface area contributed by atoms with Gasteiger partial charge in [0.25, 0.3) is 0 Å². The summed E-state index contributed by atoms with van der Waals surface area (Å²) in [5.41, 5.74) is 17.2. The van der Waals surface area contributed by atoms with Gasteiger partial charge in [0.2, 0.25) is 0 Å². The van der Waals surface area contributed by atoms with Gasteiger partial charge in [0, 0.05) is 38.6 Å². The lowest BCUT2D eigenvalue weighted by atomic mass is 9.82. The van der Waals surface area contributed by atoms with Crippen molar-refractivity contribution >= 4 is 61.0 Å². The van der Waals surface area contributed by atoms with Crippen molar-refractivity contribution in [1.29, 1.82) is 0 Å². The molecule has 0 bridgehead atoms. The Bertz CT molecular complexity index is 3100. The number of benzene rings is 8. The van der Waals surface area contributed by atoms with Crippen LogP contribution in [0.15, 0.2) is 193 Å². The van der Waals surface area contributed by atoms with Crippen LogP contribution in [-0.2, 0) is 5.41 Å². The molecule has 2 aromatic heterocycles. The Balaban J connectivity index is 1.09. The fourth-order valence-electron chi connectivity index (χ4n) is 9.22. The summed E-state index contributed by atoms with van der Waals surface area (Å²) in [6.45, 7) is 4.72. The zero-order chi connectivity index (χ0) is 37.4. The molecule has 0 radical (unpaired) electrons. The van der Waals surface area contributed by atoms with E-state index < -0.39 is 0 Å². The van der Waals surface area contributed by atoms with Crippen molar-refractivity contribution in [2.24, 2.45) is 0 Å². The van der Waals surface area contributed by atoms with Crippen molar-refractivity contribution in [1.82, 2.24) is 4.57 Å². The molecule has 3 heteroatoms. The summed E-state index contributed by atoms with van der Waals surface area (Å²) in [7, 11) is 0. The molecule has 0 fully saturated rings. The molecule has 0 atom stereocenters. The molecule has 11 rings (SSSR count). The first-order chi connectivity index (χ1) is 27.5. The van der Waals surface area contributed by atoms with Gasteiger partial charge in [-0.2, -0.15) is 11.3 Å². The maximum atomic E-state index is 2.46. The van der Waals surface area contributed by atoms with Gasteiger partial charge in [-0.15, -0.1) is 0 Å². The lowest BCUT2D eigenvalue weighted by molar-refractivity contribution is 0.660. The maximum absolute atomic E-state index is 2.46. The third-order valence-electron chi connectivity index (χ3n) is 11.9. The first kappa shape index (κ1) is 32.7. The van der Waals surface area contributed by atoms with Crippen molar-refractivity contribution in [3.63, 3.8) is 0 Å². The molecule has 56 heavy (non-hydrogen) atoms. The number of hydrogen-bond donors (Lipinski definition) is 0. The third kappa shape index (κ3) is 5.01. The molecule has 0 amide bonds. The molecule has 266 valence electrons. The molecule has 0 spiro atoms. The highest BCUT2D eigenvalue weighted by molar-refractivity contribution is 7.08. The Morgan fingerprint density at radius 2 is 1.11 bits per heavy atom. The zero-order valence-electron chi connectivity index (χ0n) is 31.3. The van der Waals surface area contributed by atoms with Crippen molar-refractivity contribution in [2.75, 3.05) is 4.90 Å². The van der Waals surface area contributed by atoms with Crippen LogP contribution in [-0.4, -0.2) is 4.57 Å². The number of para-hydroxylation sites is 2. The molecule has 10 aromatic rings. The Morgan fingerprint density at radius 3 is 1.93 bits per heavy atom. The summed E-state index contributed by atoms with van der Waals surface area (Å²) < 4.78 is 2.38. The van der Waals surface area contributed by atoms with Gasteiger partial charge in [0.1, 0.15) is 0 Å². The van der Waals surface area contributed by atoms with Crippen LogP contribution in [0.4, 0.5) is 17.1 Å².